The third-order valence-corrected chi connectivity index (χ3v) is 1.90. The topological polar surface area (TPSA) is 72.8 Å². The monoisotopic (exact) mass is 236 g/mol. The molecule has 0 aliphatic heterocycles. The van der Waals surface area contributed by atoms with Crippen molar-refractivity contribution >= 4 is 11.8 Å². The number of rotatable bonds is 5. The minimum absolute atomic E-state index is 0.122. The van der Waals surface area contributed by atoms with E-state index in [0.717, 1.165) is 6.26 Å². The zero-order chi connectivity index (χ0) is 12.8. The summed E-state index contributed by atoms with van der Waals surface area (Å²) in [5.74, 6) is -1.46. The van der Waals surface area contributed by atoms with E-state index >= 15 is 0 Å². The average molecular weight is 236 g/mol. The average Bonchev–Trinajstić information content (AvgIpc) is 2.28. The maximum Gasteiger partial charge on any atom is 0.375 e. The summed E-state index contributed by atoms with van der Waals surface area (Å²) in [6.45, 7) is 1.42. The number of carbonyl (C=O) groups excluding carboxylic acids is 1. The summed E-state index contributed by atoms with van der Waals surface area (Å²) in [5.41, 5.74) is 0.449. The zero-order valence-electron chi connectivity index (χ0n) is 9.47. The maximum absolute atomic E-state index is 11.1. The lowest BCUT2D eigenvalue weighted by Gasteiger charge is -2.06. The maximum atomic E-state index is 11.1. The number of benzene rings is 1. The summed E-state index contributed by atoms with van der Waals surface area (Å²) in [7, 11) is 1.32. The Balaban J connectivity index is 2.94. The van der Waals surface area contributed by atoms with Crippen LogP contribution in [0.4, 0.5) is 0 Å². The Labute approximate surface area is 98.3 Å². The zero-order valence-corrected chi connectivity index (χ0v) is 9.47. The molecule has 0 amide bonds. The van der Waals surface area contributed by atoms with Crippen LogP contribution in [0.5, 0.6) is 5.75 Å². The normalized spacial score (nSPS) is 10.8. The van der Waals surface area contributed by atoms with E-state index in [-0.39, 0.29) is 17.3 Å². The van der Waals surface area contributed by atoms with Crippen LogP contribution in [0, 0.1) is 0 Å². The van der Waals surface area contributed by atoms with Crippen LogP contribution in [0.15, 0.2) is 36.3 Å². The summed E-state index contributed by atoms with van der Waals surface area (Å²) in [4.78, 5) is 21.9. The highest BCUT2D eigenvalue weighted by Gasteiger charge is 2.11. The smallest absolute Gasteiger partial charge is 0.375 e. The van der Waals surface area contributed by atoms with E-state index in [1.807, 2.05) is 0 Å². The SMILES string of the molecule is COC=C(Oc1cccc(C(C)=O)c1)C(=O)O. The van der Waals surface area contributed by atoms with Gasteiger partial charge in [-0.1, -0.05) is 12.1 Å². The number of ether oxygens (including phenoxy) is 2. The van der Waals surface area contributed by atoms with Crippen LogP contribution in [-0.4, -0.2) is 24.0 Å². The predicted molar refractivity (Wildman–Crippen MR) is 59.8 cm³/mol. The van der Waals surface area contributed by atoms with E-state index in [1.54, 1.807) is 18.2 Å². The minimum Gasteiger partial charge on any atom is -0.500 e. The number of hydrogen-bond acceptors (Lipinski definition) is 4. The molecule has 90 valence electrons. The number of Topliss-reactive ketones (excluding diaryl/α,β-unsaturated/α-hetero) is 1. The van der Waals surface area contributed by atoms with Crippen molar-refractivity contribution in [1.82, 2.24) is 0 Å². The molecule has 1 aromatic carbocycles. The van der Waals surface area contributed by atoms with Gasteiger partial charge < -0.3 is 14.6 Å². The lowest BCUT2D eigenvalue weighted by Crippen LogP contribution is -2.08. The molecule has 0 atom stereocenters. The summed E-state index contributed by atoms with van der Waals surface area (Å²) in [5, 5.41) is 8.80. The van der Waals surface area contributed by atoms with Crippen LogP contribution in [0.25, 0.3) is 0 Å². The molecule has 0 aromatic heterocycles. The van der Waals surface area contributed by atoms with Gasteiger partial charge in [-0.25, -0.2) is 4.79 Å². The molecule has 0 aliphatic rings. The molecule has 0 fully saturated rings. The van der Waals surface area contributed by atoms with Crippen LogP contribution in [0.1, 0.15) is 17.3 Å². The highest BCUT2D eigenvalue weighted by molar-refractivity contribution is 5.94. The van der Waals surface area contributed by atoms with Gasteiger partial charge in [0.25, 0.3) is 0 Å². The van der Waals surface area contributed by atoms with Crippen LogP contribution in [0.3, 0.4) is 0 Å². The quantitative estimate of drug-likeness (QED) is 0.479. The van der Waals surface area contributed by atoms with Gasteiger partial charge in [-0.2, -0.15) is 0 Å². The Bertz CT molecular complexity index is 462. The molecule has 0 bridgehead atoms. The first-order chi connectivity index (χ1) is 8.04. The fraction of sp³-hybridized carbons (Fsp3) is 0.167. The molecular formula is C12H12O5. The highest BCUT2D eigenvalue weighted by Crippen LogP contribution is 2.16. The first kappa shape index (κ1) is 12.8. The van der Waals surface area contributed by atoms with Crippen LogP contribution in [0.2, 0.25) is 0 Å². The van der Waals surface area contributed by atoms with Crippen molar-refractivity contribution in [2.45, 2.75) is 6.92 Å². The van der Waals surface area contributed by atoms with Crippen LogP contribution < -0.4 is 4.74 Å². The van der Waals surface area contributed by atoms with Crippen molar-refractivity contribution in [3.05, 3.63) is 41.9 Å². The van der Waals surface area contributed by atoms with Crippen molar-refractivity contribution < 1.29 is 24.2 Å². The summed E-state index contributed by atoms with van der Waals surface area (Å²) < 4.78 is 9.67. The Hall–Kier alpha value is -2.30. The van der Waals surface area contributed by atoms with Gasteiger partial charge in [0.05, 0.1) is 7.11 Å². The van der Waals surface area contributed by atoms with E-state index in [0.29, 0.717) is 5.56 Å². The van der Waals surface area contributed by atoms with E-state index in [4.69, 9.17) is 9.84 Å². The standard InChI is InChI=1S/C12H12O5/c1-8(13)9-4-3-5-10(6-9)17-11(7-16-2)12(14)15/h3-7H,1-2H3,(H,14,15). The fourth-order valence-corrected chi connectivity index (χ4v) is 1.13. The third-order valence-electron chi connectivity index (χ3n) is 1.90. The second-order valence-corrected chi connectivity index (χ2v) is 3.21. The van der Waals surface area contributed by atoms with Crippen molar-refractivity contribution in [2.75, 3.05) is 7.11 Å². The van der Waals surface area contributed by atoms with E-state index in [1.165, 1.54) is 20.1 Å². The molecule has 0 aliphatic carbocycles. The molecule has 0 saturated heterocycles. The molecule has 1 N–H and O–H groups in total. The van der Waals surface area contributed by atoms with Gasteiger partial charge in [-0.05, 0) is 19.1 Å². The summed E-state index contributed by atoms with van der Waals surface area (Å²) >= 11 is 0. The third kappa shape index (κ3) is 3.64. The van der Waals surface area contributed by atoms with Gasteiger partial charge in [0.15, 0.2) is 5.78 Å². The number of hydrogen-bond donors (Lipinski definition) is 1. The molecule has 5 nitrogen and oxygen atoms in total. The molecule has 17 heavy (non-hydrogen) atoms. The van der Waals surface area contributed by atoms with E-state index in [2.05, 4.69) is 4.74 Å². The van der Waals surface area contributed by atoms with Crippen LogP contribution >= 0.6 is 0 Å². The fourth-order valence-electron chi connectivity index (χ4n) is 1.13. The molecule has 1 rings (SSSR count). The number of ketones is 1. The Kier molecular flexibility index (Phi) is 4.28. The molecule has 5 heteroatoms. The van der Waals surface area contributed by atoms with Crippen molar-refractivity contribution in [2.24, 2.45) is 0 Å². The molecule has 1 aromatic rings. The second kappa shape index (κ2) is 5.69. The first-order valence-corrected chi connectivity index (χ1v) is 4.79. The molecule has 0 heterocycles. The summed E-state index contributed by atoms with van der Waals surface area (Å²) in [6, 6.07) is 6.25. The Morgan fingerprint density at radius 1 is 1.35 bits per heavy atom. The molecule has 0 radical (unpaired) electrons. The highest BCUT2D eigenvalue weighted by atomic mass is 16.5. The van der Waals surface area contributed by atoms with Gasteiger partial charge in [0.2, 0.25) is 5.76 Å². The van der Waals surface area contributed by atoms with E-state index < -0.39 is 5.97 Å². The lowest BCUT2D eigenvalue weighted by molar-refractivity contribution is -0.135. The van der Waals surface area contributed by atoms with Gasteiger partial charge in [-0.3, -0.25) is 4.79 Å². The van der Waals surface area contributed by atoms with Gasteiger partial charge in [-0.15, -0.1) is 0 Å². The lowest BCUT2D eigenvalue weighted by atomic mass is 10.1. The largest absolute Gasteiger partial charge is 0.500 e. The summed E-state index contributed by atoms with van der Waals surface area (Å²) in [6.07, 6.45) is 0.975. The van der Waals surface area contributed by atoms with Crippen molar-refractivity contribution in [3.8, 4) is 5.75 Å². The molecule has 0 saturated carbocycles. The minimum atomic E-state index is -1.25. The van der Waals surface area contributed by atoms with E-state index in [9.17, 15) is 9.59 Å². The van der Waals surface area contributed by atoms with Gasteiger partial charge in [0.1, 0.15) is 12.0 Å². The van der Waals surface area contributed by atoms with Crippen molar-refractivity contribution in [3.63, 3.8) is 0 Å². The number of carboxylic acid groups (broad SMARTS) is 1. The van der Waals surface area contributed by atoms with Gasteiger partial charge >= 0.3 is 5.97 Å². The van der Waals surface area contributed by atoms with Crippen molar-refractivity contribution in [1.29, 1.82) is 0 Å². The Morgan fingerprint density at radius 3 is 2.59 bits per heavy atom. The number of aliphatic carboxylic acids is 1. The second-order valence-electron chi connectivity index (χ2n) is 3.21. The number of methoxy groups -OCH3 is 1. The number of carboxylic acids is 1. The first-order valence-electron chi connectivity index (χ1n) is 4.79. The predicted octanol–water partition coefficient (Wildman–Crippen LogP) is 1.84. The molecule has 0 unspecified atom stereocenters. The number of carbonyl (C=O) groups is 2. The Morgan fingerprint density at radius 2 is 2.06 bits per heavy atom. The molecule has 0 spiro atoms. The molecular weight excluding hydrogens is 224 g/mol. The van der Waals surface area contributed by atoms with Gasteiger partial charge in [0, 0.05) is 5.56 Å². The van der Waals surface area contributed by atoms with Crippen LogP contribution in [-0.2, 0) is 9.53 Å².